The van der Waals surface area contributed by atoms with E-state index in [0.29, 0.717) is 22.6 Å². The molecule has 2 amide bonds. The summed E-state index contributed by atoms with van der Waals surface area (Å²) in [5.41, 5.74) is 2.61. The maximum atomic E-state index is 12.9. The number of imide groups is 1. The van der Waals surface area contributed by atoms with E-state index in [2.05, 4.69) is 6.92 Å². The fourth-order valence-electron chi connectivity index (χ4n) is 3.28. The van der Waals surface area contributed by atoms with Crippen LogP contribution < -0.4 is 9.64 Å². The standard InChI is InChI=1S/C21H17NO3/c1-3-13-7-9-15(10-8-13)22-20(23)17-11-14-5-4-6-19(25-2)16(14)12-18(17)21(22)24/h4-12H,3H2,1-2H3. The molecule has 0 saturated heterocycles. The van der Waals surface area contributed by atoms with Crippen LogP contribution >= 0.6 is 0 Å². The van der Waals surface area contributed by atoms with Crippen LogP contribution in [0.5, 0.6) is 5.75 Å². The van der Waals surface area contributed by atoms with E-state index in [1.165, 1.54) is 4.90 Å². The zero-order valence-corrected chi connectivity index (χ0v) is 14.1. The van der Waals surface area contributed by atoms with E-state index >= 15 is 0 Å². The number of fused-ring (bicyclic) bond motifs is 2. The van der Waals surface area contributed by atoms with Crippen LogP contribution in [-0.2, 0) is 6.42 Å². The molecule has 3 aromatic carbocycles. The van der Waals surface area contributed by atoms with Gasteiger partial charge in [-0.2, -0.15) is 0 Å². The van der Waals surface area contributed by atoms with E-state index in [1.807, 2.05) is 42.5 Å². The van der Waals surface area contributed by atoms with Crippen LogP contribution in [0.1, 0.15) is 33.2 Å². The quantitative estimate of drug-likeness (QED) is 0.675. The molecule has 0 unspecified atom stereocenters. The Morgan fingerprint density at radius 1 is 0.920 bits per heavy atom. The third kappa shape index (κ3) is 2.30. The molecule has 4 nitrogen and oxygen atoms in total. The van der Waals surface area contributed by atoms with Crippen LogP contribution in [0, 0.1) is 0 Å². The fraction of sp³-hybridized carbons (Fsp3) is 0.143. The number of hydrogen-bond donors (Lipinski definition) is 0. The number of methoxy groups -OCH3 is 1. The molecule has 25 heavy (non-hydrogen) atoms. The van der Waals surface area contributed by atoms with Crippen molar-refractivity contribution in [3.8, 4) is 5.75 Å². The van der Waals surface area contributed by atoms with Crippen LogP contribution in [0.3, 0.4) is 0 Å². The predicted octanol–water partition coefficient (Wildman–Crippen LogP) is 4.21. The van der Waals surface area contributed by atoms with Gasteiger partial charge in [0.05, 0.1) is 23.9 Å². The summed E-state index contributed by atoms with van der Waals surface area (Å²) in [5.74, 6) is 0.109. The molecule has 0 aliphatic carbocycles. The zero-order chi connectivity index (χ0) is 17.6. The topological polar surface area (TPSA) is 46.6 Å². The lowest BCUT2D eigenvalue weighted by molar-refractivity contribution is 0.0926. The zero-order valence-electron chi connectivity index (χ0n) is 14.1. The highest BCUT2D eigenvalue weighted by molar-refractivity contribution is 6.35. The van der Waals surface area contributed by atoms with Gasteiger partial charge in [0.25, 0.3) is 11.8 Å². The summed E-state index contributed by atoms with van der Waals surface area (Å²) in [4.78, 5) is 26.9. The van der Waals surface area contributed by atoms with Crippen molar-refractivity contribution >= 4 is 28.3 Å². The third-order valence-electron chi connectivity index (χ3n) is 4.67. The van der Waals surface area contributed by atoms with Gasteiger partial charge in [-0.15, -0.1) is 0 Å². The Bertz CT molecular complexity index is 1010. The molecule has 0 N–H and O–H groups in total. The molecule has 0 atom stereocenters. The smallest absolute Gasteiger partial charge is 0.266 e. The third-order valence-corrected chi connectivity index (χ3v) is 4.67. The number of hydrogen-bond acceptors (Lipinski definition) is 3. The number of benzene rings is 3. The molecule has 0 bridgehead atoms. The van der Waals surface area contributed by atoms with Crippen molar-refractivity contribution in [1.82, 2.24) is 0 Å². The first kappa shape index (κ1) is 15.4. The van der Waals surface area contributed by atoms with Crippen LogP contribution in [0.25, 0.3) is 10.8 Å². The first-order valence-electron chi connectivity index (χ1n) is 8.22. The van der Waals surface area contributed by atoms with E-state index < -0.39 is 0 Å². The molecule has 4 rings (SSSR count). The number of nitrogens with zero attached hydrogens (tertiary/aromatic N) is 1. The van der Waals surface area contributed by atoms with Gasteiger partial charge in [0.2, 0.25) is 0 Å². The molecule has 1 aliphatic rings. The molecule has 0 fully saturated rings. The van der Waals surface area contributed by atoms with Gasteiger partial charge in [0.1, 0.15) is 5.75 Å². The number of carbonyl (C=O) groups excluding carboxylic acids is 2. The molecule has 3 aromatic rings. The van der Waals surface area contributed by atoms with Crippen molar-refractivity contribution in [2.45, 2.75) is 13.3 Å². The summed E-state index contributed by atoms with van der Waals surface area (Å²) in [7, 11) is 1.59. The van der Waals surface area contributed by atoms with Crippen molar-refractivity contribution in [3.05, 3.63) is 71.3 Å². The maximum Gasteiger partial charge on any atom is 0.266 e. The molecule has 0 saturated carbocycles. The molecule has 1 heterocycles. The summed E-state index contributed by atoms with van der Waals surface area (Å²) in [6.45, 7) is 2.07. The number of anilines is 1. The normalized spacial score (nSPS) is 13.4. The van der Waals surface area contributed by atoms with Crippen LogP contribution in [0.15, 0.2) is 54.6 Å². The molecule has 1 aliphatic heterocycles. The highest BCUT2D eigenvalue weighted by atomic mass is 16.5. The van der Waals surface area contributed by atoms with Gasteiger partial charge < -0.3 is 4.74 Å². The Morgan fingerprint density at radius 3 is 2.24 bits per heavy atom. The first-order valence-corrected chi connectivity index (χ1v) is 8.22. The van der Waals surface area contributed by atoms with Gasteiger partial charge >= 0.3 is 0 Å². The highest BCUT2D eigenvalue weighted by Gasteiger charge is 2.37. The molecule has 0 spiro atoms. The van der Waals surface area contributed by atoms with Crippen LogP contribution in [0.4, 0.5) is 5.69 Å². The lowest BCUT2D eigenvalue weighted by atomic mass is 10.0. The minimum absolute atomic E-state index is 0.283. The Morgan fingerprint density at radius 2 is 1.60 bits per heavy atom. The summed E-state index contributed by atoms with van der Waals surface area (Å²) in [6, 6.07) is 16.7. The SMILES string of the molecule is CCc1ccc(N2C(=O)c3cc4cccc(OC)c4cc3C2=O)cc1. The average molecular weight is 331 g/mol. The minimum Gasteiger partial charge on any atom is -0.496 e. The molecule has 4 heteroatoms. The lowest BCUT2D eigenvalue weighted by Crippen LogP contribution is -2.29. The molecule has 124 valence electrons. The van der Waals surface area contributed by atoms with E-state index in [0.717, 1.165) is 22.8 Å². The summed E-state index contributed by atoms with van der Waals surface area (Å²) < 4.78 is 5.38. The molecular weight excluding hydrogens is 314 g/mol. The maximum absolute atomic E-state index is 12.9. The van der Waals surface area contributed by atoms with Crippen molar-refractivity contribution in [1.29, 1.82) is 0 Å². The summed E-state index contributed by atoms with van der Waals surface area (Å²) >= 11 is 0. The Kier molecular flexibility index (Phi) is 3.53. The Balaban J connectivity index is 1.84. The monoisotopic (exact) mass is 331 g/mol. The summed E-state index contributed by atoms with van der Waals surface area (Å²) in [5, 5.41) is 1.70. The molecule has 0 radical (unpaired) electrons. The Labute approximate surface area is 145 Å². The first-order chi connectivity index (χ1) is 12.1. The lowest BCUT2D eigenvalue weighted by Gasteiger charge is -2.14. The number of rotatable bonds is 3. The van der Waals surface area contributed by atoms with Crippen LogP contribution in [0.2, 0.25) is 0 Å². The molecule has 0 aromatic heterocycles. The van der Waals surface area contributed by atoms with Crippen LogP contribution in [-0.4, -0.2) is 18.9 Å². The van der Waals surface area contributed by atoms with Gasteiger partial charge in [0.15, 0.2) is 0 Å². The van der Waals surface area contributed by atoms with Gasteiger partial charge in [-0.3, -0.25) is 9.59 Å². The number of carbonyl (C=O) groups is 2. The van der Waals surface area contributed by atoms with E-state index in [4.69, 9.17) is 4.74 Å². The van der Waals surface area contributed by atoms with E-state index in [9.17, 15) is 9.59 Å². The van der Waals surface area contributed by atoms with E-state index in [1.54, 1.807) is 19.2 Å². The van der Waals surface area contributed by atoms with Crippen molar-refractivity contribution in [2.24, 2.45) is 0 Å². The second-order valence-corrected chi connectivity index (χ2v) is 6.04. The Hall–Kier alpha value is -3.14. The second kappa shape index (κ2) is 5.74. The molecular formula is C21H17NO3. The predicted molar refractivity (Wildman–Crippen MR) is 97.5 cm³/mol. The van der Waals surface area contributed by atoms with Gasteiger partial charge in [-0.25, -0.2) is 4.90 Å². The largest absolute Gasteiger partial charge is 0.496 e. The minimum atomic E-state index is -0.294. The van der Waals surface area contributed by atoms with Crippen molar-refractivity contribution < 1.29 is 14.3 Å². The fourth-order valence-corrected chi connectivity index (χ4v) is 3.28. The number of ether oxygens (including phenoxy) is 1. The number of amides is 2. The van der Waals surface area contributed by atoms with Gasteiger partial charge in [0, 0.05) is 5.39 Å². The van der Waals surface area contributed by atoms with Gasteiger partial charge in [-0.05, 0) is 47.7 Å². The van der Waals surface area contributed by atoms with Crippen molar-refractivity contribution in [3.63, 3.8) is 0 Å². The second-order valence-electron chi connectivity index (χ2n) is 6.04. The average Bonchev–Trinajstić information content (AvgIpc) is 2.90. The van der Waals surface area contributed by atoms with Crippen molar-refractivity contribution in [2.75, 3.05) is 12.0 Å². The van der Waals surface area contributed by atoms with Gasteiger partial charge in [-0.1, -0.05) is 31.2 Å². The summed E-state index contributed by atoms with van der Waals surface area (Å²) in [6.07, 6.45) is 0.910. The number of aryl methyl sites for hydroxylation is 1. The highest BCUT2D eigenvalue weighted by Crippen LogP contribution is 2.34. The van der Waals surface area contributed by atoms with E-state index in [-0.39, 0.29) is 11.8 Å².